The van der Waals surface area contributed by atoms with Gasteiger partial charge in [0.05, 0.1) is 19.8 Å². The average molecular weight is 767 g/mol. The minimum Gasteiger partial charge on any atom is -0.462 e. The first-order valence-electron chi connectivity index (χ1n) is 19.9. The number of phosphoric acid groups is 1. The zero-order valence-corrected chi connectivity index (χ0v) is 33.6. The van der Waals surface area contributed by atoms with Gasteiger partial charge in [0.25, 0.3) is 0 Å². The normalized spacial score (nSPS) is 14.7. The van der Waals surface area contributed by atoms with Crippen LogP contribution in [0.4, 0.5) is 0 Å². The number of esters is 2. The molecule has 0 aromatic heterocycles. The molecule has 3 atom stereocenters. The molecule has 0 amide bonds. The summed E-state index contributed by atoms with van der Waals surface area (Å²) in [5, 5.41) is 18.3. The number of hydrogen-bond donors (Lipinski definition) is 3. The summed E-state index contributed by atoms with van der Waals surface area (Å²) >= 11 is 0. The van der Waals surface area contributed by atoms with Gasteiger partial charge in [0, 0.05) is 12.8 Å². The van der Waals surface area contributed by atoms with Crippen molar-refractivity contribution >= 4 is 19.8 Å². The van der Waals surface area contributed by atoms with Crippen LogP contribution in [0.3, 0.4) is 0 Å². The fraction of sp³-hybridized carbons (Fsp3) is 0.667. The number of phosphoric ester groups is 1. The van der Waals surface area contributed by atoms with Crippen LogP contribution >= 0.6 is 7.82 Å². The average Bonchev–Trinajstić information content (AvgIpc) is 3.14. The summed E-state index contributed by atoms with van der Waals surface area (Å²) in [6.07, 6.45) is 41.7. The summed E-state index contributed by atoms with van der Waals surface area (Å²) in [4.78, 5) is 34.8. The molecule has 11 heteroatoms. The fourth-order valence-corrected chi connectivity index (χ4v) is 5.58. The Balaban J connectivity index is 4.50. The van der Waals surface area contributed by atoms with Crippen LogP contribution in [0.5, 0.6) is 0 Å². The molecule has 0 heterocycles. The zero-order valence-electron chi connectivity index (χ0n) is 32.7. The van der Waals surface area contributed by atoms with E-state index in [0.29, 0.717) is 19.3 Å². The number of aliphatic hydroxyl groups excluding tert-OH is 2. The van der Waals surface area contributed by atoms with Gasteiger partial charge in [-0.25, -0.2) is 4.57 Å². The number of carbonyl (C=O) groups is 2. The second-order valence-electron chi connectivity index (χ2n) is 12.9. The van der Waals surface area contributed by atoms with Gasteiger partial charge in [-0.1, -0.05) is 125 Å². The Kier molecular flexibility index (Phi) is 35.9. The molecule has 3 N–H and O–H groups in total. The van der Waals surface area contributed by atoms with E-state index in [2.05, 4.69) is 79.1 Å². The molecule has 1 unspecified atom stereocenters. The minimum absolute atomic E-state index is 0.0993. The van der Waals surface area contributed by atoms with Gasteiger partial charge < -0.3 is 24.6 Å². The molecular formula is C42H71O10P. The lowest BCUT2D eigenvalue weighted by molar-refractivity contribution is -0.161. The first kappa shape index (κ1) is 50.4. The molecule has 10 nitrogen and oxygen atoms in total. The Morgan fingerprint density at radius 3 is 1.64 bits per heavy atom. The molecule has 0 aliphatic carbocycles. The van der Waals surface area contributed by atoms with Gasteiger partial charge in [-0.2, -0.15) is 0 Å². The van der Waals surface area contributed by atoms with Crippen molar-refractivity contribution in [2.75, 3.05) is 26.4 Å². The monoisotopic (exact) mass is 766 g/mol. The molecule has 0 aromatic rings. The van der Waals surface area contributed by atoms with Crippen molar-refractivity contribution in [1.82, 2.24) is 0 Å². The Hall–Kier alpha value is -2.59. The number of ether oxygens (including phenoxy) is 2. The predicted molar refractivity (Wildman–Crippen MR) is 214 cm³/mol. The summed E-state index contributed by atoms with van der Waals surface area (Å²) in [6, 6.07) is 0. The highest BCUT2D eigenvalue weighted by molar-refractivity contribution is 7.47. The third-order valence-corrected chi connectivity index (χ3v) is 8.80. The van der Waals surface area contributed by atoms with Gasteiger partial charge in [0.1, 0.15) is 12.7 Å². The van der Waals surface area contributed by atoms with Crippen LogP contribution < -0.4 is 0 Å². The summed E-state index contributed by atoms with van der Waals surface area (Å²) < 4.78 is 32.5. The van der Waals surface area contributed by atoms with Crippen molar-refractivity contribution < 1.29 is 47.8 Å². The molecular weight excluding hydrogens is 695 g/mol. The third kappa shape index (κ3) is 37.5. The number of aliphatic hydroxyl groups is 2. The predicted octanol–water partition coefficient (Wildman–Crippen LogP) is 10.1. The van der Waals surface area contributed by atoms with Gasteiger partial charge in [0.15, 0.2) is 6.10 Å². The van der Waals surface area contributed by atoms with Gasteiger partial charge in [0.2, 0.25) is 0 Å². The van der Waals surface area contributed by atoms with E-state index in [9.17, 15) is 24.2 Å². The van der Waals surface area contributed by atoms with Crippen LogP contribution in [0.25, 0.3) is 0 Å². The van der Waals surface area contributed by atoms with Crippen molar-refractivity contribution in [2.24, 2.45) is 0 Å². The maximum atomic E-state index is 12.5. The molecule has 0 saturated heterocycles. The lowest BCUT2D eigenvalue weighted by Gasteiger charge is -2.20. The molecule has 0 fully saturated rings. The van der Waals surface area contributed by atoms with Crippen LogP contribution in [-0.4, -0.2) is 65.7 Å². The molecule has 0 aromatic carbocycles. The Labute approximate surface area is 320 Å². The molecule has 0 aliphatic heterocycles. The van der Waals surface area contributed by atoms with E-state index >= 15 is 0 Å². The topological polar surface area (TPSA) is 149 Å². The van der Waals surface area contributed by atoms with Crippen molar-refractivity contribution in [1.29, 1.82) is 0 Å². The smallest absolute Gasteiger partial charge is 0.462 e. The molecule has 0 saturated carbocycles. The lowest BCUT2D eigenvalue weighted by atomic mass is 10.1. The van der Waals surface area contributed by atoms with Crippen molar-refractivity contribution in [3.63, 3.8) is 0 Å². The Bertz CT molecular complexity index is 1110. The van der Waals surface area contributed by atoms with Crippen molar-refractivity contribution in [3.8, 4) is 0 Å². The number of allylic oxidation sites excluding steroid dienone is 12. The van der Waals surface area contributed by atoms with Crippen LogP contribution in [0, 0.1) is 0 Å². The Morgan fingerprint density at radius 1 is 0.585 bits per heavy atom. The van der Waals surface area contributed by atoms with Crippen LogP contribution in [-0.2, 0) is 32.7 Å². The fourth-order valence-electron chi connectivity index (χ4n) is 4.79. The lowest BCUT2D eigenvalue weighted by Crippen LogP contribution is -2.29. The zero-order chi connectivity index (χ0) is 39.1. The SMILES string of the molecule is CC/C=C/C/C=C/C/C=C/C/C=C/C/C=C/CCCC(=O)O[C@H](COC(=O)CCCCC/C=C/CCCCCCCC)COP(=O)(O)OC[C@@H](O)CO. The van der Waals surface area contributed by atoms with E-state index in [1.54, 1.807) is 0 Å². The number of rotatable bonds is 36. The molecule has 0 rings (SSSR count). The highest BCUT2D eigenvalue weighted by Gasteiger charge is 2.27. The van der Waals surface area contributed by atoms with Crippen molar-refractivity contribution in [2.45, 2.75) is 154 Å². The Morgan fingerprint density at radius 2 is 1.06 bits per heavy atom. The van der Waals surface area contributed by atoms with Gasteiger partial charge in [-0.05, 0) is 77.0 Å². The summed E-state index contributed by atoms with van der Waals surface area (Å²) in [6.45, 7) is 2.15. The van der Waals surface area contributed by atoms with Crippen molar-refractivity contribution in [3.05, 3.63) is 72.9 Å². The minimum atomic E-state index is -4.64. The molecule has 0 bridgehead atoms. The molecule has 0 radical (unpaired) electrons. The molecule has 304 valence electrons. The van der Waals surface area contributed by atoms with Crippen LogP contribution in [0.1, 0.15) is 142 Å². The number of hydrogen-bond acceptors (Lipinski definition) is 9. The first-order valence-corrected chi connectivity index (χ1v) is 21.4. The maximum Gasteiger partial charge on any atom is 0.472 e. The largest absolute Gasteiger partial charge is 0.472 e. The van der Waals surface area contributed by atoms with E-state index in [1.165, 1.54) is 38.5 Å². The van der Waals surface area contributed by atoms with Crippen LogP contribution in [0.2, 0.25) is 0 Å². The molecule has 0 spiro atoms. The van der Waals surface area contributed by atoms with Crippen LogP contribution in [0.15, 0.2) is 72.9 Å². The highest BCUT2D eigenvalue weighted by atomic mass is 31.2. The summed E-state index contributed by atoms with van der Waals surface area (Å²) in [5.74, 6) is -1.02. The molecule has 53 heavy (non-hydrogen) atoms. The maximum absolute atomic E-state index is 12.5. The van der Waals surface area contributed by atoms with E-state index in [-0.39, 0.29) is 19.4 Å². The standard InChI is InChI=1S/C42H71O10P/c1-3-5-7-9-11-13-15-17-18-19-20-22-24-26-28-30-32-34-42(46)52-40(38-51-53(47,48)50-36-39(44)35-43)37-49-41(45)33-31-29-27-25-23-21-16-14-12-10-8-6-4-2/h5,7,11,13,17-18,20-23,26,28,39-40,43-44H,3-4,6,8-10,12,14-16,19,24-25,27,29-38H2,1-2H3,(H,47,48)/b7-5+,13-11+,18-17+,22-20+,23-21+,28-26+/t39-,40+/m0/s1. The van der Waals surface area contributed by atoms with Gasteiger partial charge >= 0.3 is 19.8 Å². The van der Waals surface area contributed by atoms with E-state index in [1.807, 2.05) is 12.2 Å². The molecule has 0 aliphatic rings. The quantitative estimate of drug-likeness (QED) is 0.0243. The summed E-state index contributed by atoms with van der Waals surface area (Å²) in [7, 11) is -4.64. The van der Waals surface area contributed by atoms with E-state index in [0.717, 1.165) is 57.8 Å². The van der Waals surface area contributed by atoms with Gasteiger partial charge in [-0.15, -0.1) is 0 Å². The van der Waals surface area contributed by atoms with Gasteiger partial charge in [-0.3, -0.25) is 18.6 Å². The van der Waals surface area contributed by atoms with E-state index < -0.39 is 51.8 Å². The first-order chi connectivity index (χ1) is 25.7. The summed E-state index contributed by atoms with van der Waals surface area (Å²) in [5.41, 5.74) is 0. The number of unbranched alkanes of at least 4 members (excludes halogenated alkanes) is 10. The second-order valence-corrected chi connectivity index (χ2v) is 14.4. The highest BCUT2D eigenvalue weighted by Crippen LogP contribution is 2.43. The number of carbonyl (C=O) groups excluding carboxylic acids is 2. The third-order valence-electron chi connectivity index (χ3n) is 7.84. The van der Waals surface area contributed by atoms with E-state index in [4.69, 9.17) is 19.1 Å². The second kappa shape index (κ2) is 37.7.